The fourth-order valence-electron chi connectivity index (χ4n) is 1.26. The second kappa shape index (κ2) is 6.56. The van der Waals surface area contributed by atoms with Crippen LogP contribution in [0.1, 0.15) is 11.1 Å². The molecule has 0 aromatic carbocycles. The van der Waals surface area contributed by atoms with Gasteiger partial charge in [0.05, 0.1) is 6.61 Å². The molecule has 0 unspecified atom stereocenters. The van der Waals surface area contributed by atoms with E-state index in [0.717, 1.165) is 11.1 Å². The number of halogens is 3. The molecule has 0 aliphatic rings. The third-order valence-electron chi connectivity index (χ3n) is 2.14. The predicted molar refractivity (Wildman–Crippen MR) is 57.6 cm³/mol. The number of nitrogens with zero attached hydrogens (tertiary/aromatic N) is 1. The summed E-state index contributed by atoms with van der Waals surface area (Å²) in [7, 11) is 0. The van der Waals surface area contributed by atoms with Gasteiger partial charge in [-0.3, -0.25) is 4.98 Å². The molecule has 0 aliphatic heterocycles. The molecule has 0 bridgehead atoms. The van der Waals surface area contributed by atoms with Crippen molar-refractivity contribution in [1.29, 1.82) is 0 Å². The van der Waals surface area contributed by atoms with Crippen LogP contribution in [0.15, 0.2) is 18.5 Å². The Morgan fingerprint density at radius 1 is 1.41 bits per heavy atom. The average molecular weight is 248 g/mol. The summed E-state index contributed by atoms with van der Waals surface area (Å²) in [6.45, 7) is 1.78. The summed E-state index contributed by atoms with van der Waals surface area (Å²) in [5.41, 5.74) is 2.13. The monoisotopic (exact) mass is 248 g/mol. The van der Waals surface area contributed by atoms with Gasteiger partial charge in [-0.2, -0.15) is 13.2 Å². The highest BCUT2D eigenvalue weighted by molar-refractivity contribution is 5.20. The molecule has 1 aromatic rings. The lowest BCUT2D eigenvalue weighted by atomic mass is 10.1. The van der Waals surface area contributed by atoms with Crippen LogP contribution in [0.2, 0.25) is 0 Å². The van der Waals surface area contributed by atoms with Gasteiger partial charge in [-0.15, -0.1) is 0 Å². The molecule has 3 nitrogen and oxygen atoms in total. The summed E-state index contributed by atoms with van der Waals surface area (Å²) in [5.74, 6) is 0. The van der Waals surface area contributed by atoms with E-state index in [1.54, 1.807) is 12.4 Å². The Morgan fingerprint density at radius 3 is 2.82 bits per heavy atom. The molecule has 0 fully saturated rings. The quantitative estimate of drug-likeness (QED) is 0.782. The van der Waals surface area contributed by atoms with E-state index in [1.165, 1.54) is 0 Å². The van der Waals surface area contributed by atoms with Gasteiger partial charge in [-0.05, 0) is 24.1 Å². The topological polar surface area (TPSA) is 34.2 Å². The second-order valence-corrected chi connectivity index (χ2v) is 3.65. The number of rotatable bonds is 6. The van der Waals surface area contributed by atoms with Crippen molar-refractivity contribution in [3.8, 4) is 0 Å². The minimum Gasteiger partial charge on any atom is -0.371 e. The standard InChI is InChI=1S/C11H15F3N2O/c1-9-6-15-3-2-10(9)7-16-4-5-17-8-11(12,13)14/h2-3,6,16H,4-5,7-8H2,1H3. The number of nitrogens with one attached hydrogen (secondary N) is 1. The first-order valence-corrected chi connectivity index (χ1v) is 5.24. The largest absolute Gasteiger partial charge is 0.411 e. The van der Waals surface area contributed by atoms with Crippen LogP contribution in [-0.2, 0) is 11.3 Å². The molecule has 6 heteroatoms. The van der Waals surface area contributed by atoms with Crippen molar-refractivity contribution in [3.05, 3.63) is 29.6 Å². The van der Waals surface area contributed by atoms with E-state index in [4.69, 9.17) is 0 Å². The van der Waals surface area contributed by atoms with Crippen LogP contribution in [-0.4, -0.2) is 30.9 Å². The van der Waals surface area contributed by atoms with Crippen LogP contribution in [0.4, 0.5) is 13.2 Å². The molecule has 1 heterocycles. The summed E-state index contributed by atoms with van der Waals surface area (Å²) in [6, 6.07) is 1.87. The van der Waals surface area contributed by atoms with E-state index in [0.29, 0.717) is 13.1 Å². The minimum atomic E-state index is -4.25. The summed E-state index contributed by atoms with van der Waals surface area (Å²) < 4.78 is 39.7. The van der Waals surface area contributed by atoms with Gasteiger partial charge in [-0.1, -0.05) is 0 Å². The Hall–Kier alpha value is -1.14. The van der Waals surface area contributed by atoms with Crippen LogP contribution in [0, 0.1) is 6.92 Å². The number of hydrogen-bond acceptors (Lipinski definition) is 3. The maximum atomic E-state index is 11.7. The Kier molecular flexibility index (Phi) is 5.37. The highest BCUT2D eigenvalue weighted by Crippen LogP contribution is 2.13. The lowest BCUT2D eigenvalue weighted by Crippen LogP contribution is -2.23. The van der Waals surface area contributed by atoms with Gasteiger partial charge >= 0.3 is 6.18 Å². The van der Waals surface area contributed by atoms with E-state index in [9.17, 15) is 13.2 Å². The zero-order valence-corrected chi connectivity index (χ0v) is 9.55. The summed E-state index contributed by atoms with van der Waals surface area (Å²) in [6.07, 6.45) is -0.816. The first-order chi connectivity index (χ1) is 7.99. The average Bonchev–Trinajstić information content (AvgIpc) is 2.24. The molecule has 1 N–H and O–H groups in total. The van der Waals surface area contributed by atoms with Crippen LogP contribution in [0.5, 0.6) is 0 Å². The van der Waals surface area contributed by atoms with Crippen molar-refractivity contribution in [2.24, 2.45) is 0 Å². The van der Waals surface area contributed by atoms with Gasteiger partial charge in [0, 0.05) is 25.5 Å². The number of aromatic nitrogens is 1. The van der Waals surface area contributed by atoms with E-state index in [1.807, 2.05) is 13.0 Å². The molecule has 0 spiro atoms. The number of alkyl halides is 3. The lowest BCUT2D eigenvalue weighted by molar-refractivity contribution is -0.173. The van der Waals surface area contributed by atoms with Gasteiger partial charge < -0.3 is 10.1 Å². The maximum Gasteiger partial charge on any atom is 0.411 e. The normalized spacial score (nSPS) is 11.8. The molecule has 1 rings (SSSR count). The SMILES string of the molecule is Cc1cnccc1CNCCOCC(F)(F)F. The van der Waals surface area contributed by atoms with Crippen molar-refractivity contribution < 1.29 is 17.9 Å². The molecule has 96 valence electrons. The Labute approximate surface area is 98.0 Å². The maximum absolute atomic E-state index is 11.7. The predicted octanol–water partition coefficient (Wildman–Crippen LogP) is 2.06. The van der Waals surface area contributed by atoms with Gasteiger partial charge in [0.2, 0.25) is 0 Å². The Morgan fingerprint density at radius 2 is 2.18 bits per heavy atom. The van der Waals surface area contributed by atoms with Gasteiger partial charge in [0.15, 0.2) is 0 Å². The van der Waals surface area contributed by atoms with Crippen LogP contribution >= 0.6 is 0 Å². The van der Waals surface area contributed by atoms with E-state index < -0.39 is 12.8 Å². The number of ether oxygens (including phenoxy) is 1. The van der Waals surface area contributed by atoms with Crippen molar-refractivity contribution in [2.75, 3.05) is 19.8 Å². The first kappa shape index (κ1) is 13.9. The van der Waals surface area contributed by atoms with E-state index in [-0.39, 0.29) is 6.61 Å². The third-order valence-corrected chi connectivity index (χ3v) is 2.14. The Balaban J connectivity index is 2.11. The molecule has 0 saturated heterocycles. The highest BCUT2D eigenvalue weighted by Gasteiger charge is 2.27. The zero-order chi connectivity index (χ0) is 12.7. The van der Waals surface area contributed by atoms with Gasteiger partial charge in [-0.25, -0.2) is 0 Å². The number of aryl methyl sites for hydroxylation is 1. The first-order valence-electron chi connectivity index (χ1n) is 5.24. The van der Waals surface area contributed by atoms with E-state index in [2.05, 4.69) is 15.0 Å². The van der Waals surface area contributed by atoms with Crippen LogP contribution in [0.25, 0.3) is 0 Å². The minimum absolute atomic E-state index is 0.0453. The highest BCUT2D eigenvalue weighted by atomic mass is 19.4. The molecule has 0 saturated carbocycles. The van der Waals surface area contributed by atoms with Gasteiger partial charge in [0.25, 0.3) is 0 Å². The molecule has 0 radical (unpaired) electrons. The van der Waals surface area contributed by atoms with Crippen LogP contribution in [0.3, 0.4) is 0 Å². The van der Waals surface area contributed by atoms with Gasteiger partial charge in [0.1, 0.15) is 6.61 Å². The fraction of sp³-hybridized carbons (Fsp3) is 0.545. The Bertz CT molecular complexity index is 342. The summed E-state index contributed by atoms with van der Waals surface area (Å²) in [5, 5.41) is 3.01. The molecular formula is C11H15F3N2O. The second-order valence-electron chi connectivity index (χ2n) is 3.65. The summed E-state index contributed by atoms with van der Waals surface area (Å²) >= 11 is 0. The number of pyridine rings is 1. The van der Waals surface area contributed by atoms with Crippen molar-refractivity contribution >= 4 is 0 Å². The van der Waals surface area contributed by atoms with Crippen molar-refractivity contribution in [1.82, 2.24) is 10.3 Å². The molecule has 17 heavy (non-hydrogen) atoms. The molecule has 0 aliphatic carbocycles. The summed E-state index contributed by atoms with van der Waals surface area (Å²) in [4.78, 5) is 3.95. The zero-order valence-electron chi connectivity index (χ0n) is 9.55. The number of hydrogen-bond donors (Lipinski definition) is 1. The fourth-order valence-corrected chi connectivity index (χ4v) is 1.26. The lowest BCUT2D eigenvalue weighted by Gasteiger charge is -2.09. The molecule has 0 amide bonds. The molecular weight excluding hydrogens is 233 g/mol. The van der Waals surface area contributed by atoms with Crippen LogP contribution < -0.4 is 5.32 Å². The van der Waals surface area contributed by atoms with Crippen molar-refractivity contribution in [3.63, 3.8) is 0 Å². The van der Waals surface area contributed by atoms with Crippen molar-refractivity contribution in [2.45, 2.75) is 19.6 Å². The third kappa shape index (κ3) is 6.23. The smallest absolute Gasteiger partial charge is 0.371 e. The molecule has 1 aromatic heterocycles. The van der Waals surface area contributed by atoms with E-state index >= 15 is 0 Å². The molecule has 0 atom stereocenters.